The summed E-state index contributed by atoms with van der Waals surface area (Å²) in [6.45, 7) is 1.55. The Labute approximate surface area is 151 Å². The Morgan fingerprint density at radius 3 is 2.68 bits per heavy atom. The number of phenols is 1. The fourth-order valence-corrected chi connectivity index (χ4v) is 2.05. The van der Waals surface area contributed by atoms with Crippen molar-refractivity contribution in [2.24, 2.45) is 5.10 Å². The summed E-state index contributed by atoms with van der Waals surface area (Å²) in [7, 11) is 0. The number of aromatic hydroxyl groups is 1. The molecule has 0 bridgehead atoms. The van der Waals surface area contributed by atoms with E-state index >= 15 is 0 Å². The Bertz CT molecular complexity index is 808. The van der Waals surface area contributed by atoms with Gasteiger partial charge in [0.15, 0.2) is 6.10 Å². The highest BCUT2D eigenvalue weighted by Crippen LogP contribution is 2.21. The average Bonchev–Trinajstić information content (AvgIpc) is 2.58. The number of rotatable bonds is 6. The SMILES string of the molecule is C[C@H](Oc1ccc(Br)cc1)C(=O)N/N=C\c1cc([N+](=O)[O-])ccc1O. The summed E-state index contributed by atoms with van der Waals surface area (Å²) in [5.41, 5.74) is 2.16. The molecular formula is C16H14BrN3O5. The van der Waals surface area contributed by atoms with E-state index in [0.717, 1.165) is 16.8 Å². The topological polar surface area (TPSA) is 114 Å². The van der Waals surface area contributed by atoms with Crippen molar-refractivity contribution in [2.75, 3.05) is 0 Å². The molecule has 9 heteroatoms. The minimum atomic E-state index is -0.808. The largest absolute Gasteiger partial charge is 0.507 e. The van der Waals surface area contributed by atoms with Gasteiger partial charge in [-0.25, -0.2) is 5.43 Å². The summed E-state index contributed by atoms with van der Waals surface area (Å²) < 4.78 is 6.35. The summed E-state index contributed by atoms with van der Waals surface area (Å²) in [4.78, 5) is 22.1. The van der Waals surface area contributed by atoms with Crippen LogP contribution in [0.25, 0.3) is 0 Å². The lowest BCUT2D eigenvalue weighted by Crippen LogP contribution is -2.33. The molecule has 1 atom stereocenters. The van der Waals surface area contributed by atoms with Crippen LogP contribution in [0, 0.1) is 10.1 Å². The number of hydrazone groups is 1. The van der Waals surface area contributed by atoms with Crippen LogP contribution in [0.5, 0.6) is 11.5 Å². The van der Waals surface area contributed by atoms with Gasteiger partial charge in [-0.3, -0.25) is 14.9 Å². The summed E-state index contributed by atoms with van der Waals surface area (Å²) in [6, 6.07) is 10.5. The number of non-ortho nitro benzene ring substituents is 1. The zero-order chi connectivity index (χ0) is 18.4. The predicted molar refractivity (Wildman–Crippen MR) is 94.7 cm³/mol. The van der Waals surface area contributed by atoms with Crippen molar-refractivity contribution >= 4 is 33.7 Å². The monoisotopic (exact) mass is 407 g/mol. The lowest BCUT2D eigenvalue weighted by Gasteiger charge is -2.12. The van der Waals surface area contributed by atoms with Crippen molar-refractivity contribution in [1.82, 2.24) is 5.43 Å². The molecule has 0 saturated heterocycles. The van der Waals surface area contributed by atoms with Gasteiger partial charge >= 0.3 is 0 Å². The quantitative estimate of drug-likeness (QED) is 0.433. The van der Waals surface area contributed by atoms with Gasteiger partial charge in [-0.2, -0.15) is 5.10 Å². The van der Waals surface area contributed by atoms with E-state index in [1.807, 2.05) is 0 Å². The number of nitrogens with zero attached hydrogens (tertiary/aromatic N) is 2. The molecule has 0 fully saturated rings. The predicted octanol–water partition coefficient (Wildman–Crippen LogP) is 2.98. The van der Waals surface area contributed by atoms with Gasteiger partial charge in [0.1, 0.15) is 11.5 Å². The van der Waals surface area contributed by atoms with Crippen LogP contribution in [0.1, 0.15) is 12.5 Å². The Balaban J connectivity index is 1.96. The average molecular weight is 408 g/mol. The molecular weight excluding hydrogens is 394 g/mol. The third-order valence-electron chi connectivity index (χ3n) is 3.10. The molecule has 130 valence electrons. The fourth-order valence-electron chi connectivity index (χ4n) is 1.79. The van der Waals surface area contributed by atoms with E-state index in [-0.39, 0.29) is 17.0 Å². The third kappa shape index (κ3) is 5.28. The molecule has 0 aromatic heterocycles. The minimum absolute atomic E-state index is 0.107. The van der Waals surface area contributed by atoms with Crippen molar-refractivity contribution in [3.05, 3.63) is 62.6 Å². The van der Waals surface area contributed by atoms with Crippen molar-refractivity contribution in [3.63, 3.8) is 0 Å². The molecule has 0 aliphatic rings. The molecule has 0 spiro atoms. The second-order valence-corrected chi connectivity index (χ2v) is 5.86. The number of carbonyl (C=O) groups is 1. The van der Waals surface area contributed by atoms with Crippen LogP contribution in [0.4, 0.5) is 5.69 Å². The second kappa shape index (κ2) is 8.25. The van der Waals surface area contributed by atoms with E-state index in [0.29, 0.717) is 5.75 Å². The van der Waals surface area contributed by atoms with Gasteiger partial charge in [-0.05, 0) is 37.3 Å². The summed E-state index contributed by atoms with van der Waals surface area (Å²) in [5.74, 6) is -0.182. The Kier molecular flexibility index (Phi) is 6.07. The number of halogens is 1. The number of ether oxygens (including phenoxy) is 1. The first-order chi connectivity index (χ1) is 11.9. The lowest BCUT2D eigenvalue weighted by atomic mass is 10.2. The van der Waals surface area contributed by atoms with Crippen LogP contribution in [0.2, 0.25) is 0 Å². The first-order valence-electron chi connectivity index (χ1n) is 7.09. The van der Waals surface area contributed by atoms with Crippen LogP contribution in [-0.2, 0) is 4.79 Å². The van der Waals surface area contributed by atoms with Crippen LogP contribution in [0.15, 0.2) is 52.0 Å². The van der Waals surface area contributed by atoms with E-state index in [9.17, 15) is 20.0 Å². The van der Waals surface area contributed by atoms with Gasteiger partial charge in [-0.15, -0.1) is 0 Å². The molecule has 0 saturated carbocycles. The standard InChI is InChI=1S/C16H14BrN3O5/c1-10(25-14-5-2-12(17)3-6-14)16(22)19-18-9-11-8-13(20(23)24)4-7-15(11)21/h2-10,21H,1H3,(H,19,22)/b18-9-/t10-/m0/s1. The van der Waals surface area contributed by atoms with E-state index in [2.05, 4.69) is 26.5 Å². The van der Waals surface area contributed by atoms with E-state index in [4.69, 9.17) is 4.74 Å². The molecule has 25 heavy (non-hydrogen) atoms. The molecule has 0 unspecified atom stereocenters. The van der Waals surface area contributed by atoms with Gasteiger partial charge in [0.2, 0.25) is 0 Å². The first-order valence-corrected chi connectivity index (χ1v) is 7.88. The summed E-state index contributed by atoms with van der Waals surface area (Å²) >= 11 is 3.30. The number of hydrogen-bond acceptors (Lipinski definition) is 6. The summed E-state index contributed by atoms with van der Waals surface area (Å²) in [6.07, 6.45) is 0.309. The zero-order valence-electron chi connectivity index (χ0n) is 13.0. The molecule has 2 rings (SSSR count). The number of benzene rings is 2. The van der Waals surface area contributed by atoms with Crippen LogP contribution < -0.4 is 10.2 Å². The summed E-state index contributed by atoms with van der Waals surface area (Å²) in [5, 5.41) is 24.1. The van der Waals surface area contributed by atoms with Gasteiger partial charge in [0, 0.05) is 22.2 Å². The smallest absolute Gasteiger partial charge is 0.280 e. The van der Waals surface area contributed by atoms with Crippen molar-refractivity contribution in [2.45, 2.75) is 13.0 Å². The first kappa shape index (κ1) is 18.4. The molecule has 1 amide bonds. The zero-order valence-corrected chi connectivity index (χ0v) is 14.6. The van der Waals surface area contributed by atoms with E-state index in [1.165, 1.54) is 12.1 Å². The number of phenolic OH excluding ortho intramolecular Hbond substituents is 1. The van der Waals surface area contributed by atoms with Crippen LogP contribution >= 0.6 is 15.9 Å². The number of amides is 1. The van der Waals surface area contributed by atoms with Crippen molar-refractivity contribution in [1.29, 1.82) is 0 Å². The molecule has 8 nitrogen and oxygen atoms in total. The second-order valence-electron chi connectivity index (χ2n) is 4.95. The highest BCUT2D eigenvalue weighted by molar-refractivity contribution is 9.10. The normalized spacial score (nSPS) is 11.9. The number of carbonyl (C=O) groups excluding carboxylic acids is 1. The highest BCUT2D eigenvalue weighted by atomic mass is 79.9. The molecule has 0 radical (unpaired) electrons. The van der Waals surface area contributed by atoms with Crippen molar-refractivity contribution < 1.29 is 19.6 Å². The molecule has 0 aliphatic carbocycles. The molecule has 0 aliphatic heterocycles. The number of nitro groups is 1. The maximum absolute atomic E-state index is 11.9. The molecule has 2 N–H and O–H groups in total. The number of hydrogen-bond donors (Lipinski definition) is 2. The van der Waals surface area contributed by atoms with Gasteiger partial charge in [-0.1, -0.05) is 15.9 Å². The maximum Gasteiger partial charge on any atom is 0.280 e. The highest BCUT2D eigenvalue weighted by Gasteiger charge is 2.14. The van der Waals surface area contributed by atoms with Gasteiger partial charge in [0.25, 0.3) is 11.6 Å². The van der Waals surface area contributed by atoms with E-state index in [1.54, 1.807) is 31.2 Å². The lowest BCUT2D eigenvalue weighted by molar-refractivity contribution is -0.384. The minimum Gasteiger partial charge on any atom is -0.507 e. The fraction of sp³-hybridized carbons (Fsp3) is 0.125. The Hall–Kier alpha value is -2.94. The third-order valence-corrected chi connectivity index (χ3v) is 3.62. The Morgan fingerprint density at radius 2 is 2.04 bits per heavy atom. The van der Waals surface area contributed by atoms with Gasteiger partial charge in [0.05, 0.1) is 11.1 Å². The molecule has 2 aromatic carbocycles. The van der Waals surface area contributed by atoms with Gasteiger partial charge < -0.3 is 9.84 Å². The number of nitro benzene ring substituents is 1. The van der Waals surface area contributed by atoms with Crippen LogP contribution in [-0.4, -0.2) is 28.3 Å². The van der Waals surface area contributed by atoms with E-state index < -0.39 is 16.9 Å². The van der Waals surface area contributed by atoms with Crippen LogP contribution in [0.3, 0.4) is 0 Å². The maximum atomic E-state index is 11.9. The molecule has 2 aromatic rings. The Morgan fingerprint density at radius 1 is 1.36 bits per heavy atom. The number of nitrogens with one attached hydrogen (secondary N) is 1. The molecule has 0 heterocycles. The van der Waals surface area contributed by atoms with Crippen molar-refractivity contribution in [3.8, 4) is 11.5 Å².